The largest absolute Gasteiger partial charge is 0.493 e. The highest BCUT2D eigenvalue weighted by Gasteiger charge is 2.22. The lowest BCUT2D eigenvalue weighted by atomic mass is 10.2. The lowest BCUT2D eigenvalue weighted by Crippen LogP contribution is -2.17. The standard InChI is InChI=1S/C19H16BrNO4S2/c1-23-15-10-12(11-16-18(22)21-19(26)27-16)9-14(20)17(15)25-8-7-24-13-5-3-2-4-6-13/h2-6,9-11H,7-8H2,1H3,(H,21,22,26). The molecule has 0 unspecified atom stereocenters. The molecule has 1 fully saturated rings. The number of halogens is 1. The van der Waals surface area contributed by atoms with Crippen LogP contribution in [0.5, 0.6) is 17.2 Å². The van der Waals surface area contributed by atoms with E-state index in [1.54, 1.807) is 19.3 Å². The zero-order chi connectivity index (χ0) is 19.2. The number of carbonyl (C=O) groups is 1. The van der Waals surface area contributed by atoms with Crippen LogP contribution in [0.1, 0.15) is 5.56 Å². The first kappa shape index (κ1) is 19.7. The molecule has 1 aliphatic heterocycles. The van der Waals surface area contributed by atoms with E-state index in [1.807, 2.05) is 36.4 Å². The van der Waals surface area contributed by atoms with Gasteiger partial charge in [0.2, 0.25) is 0 Å². The molecule has 1 N–H and O–H groups in total. The number of nitrogens with one attached hydrogen (secondary N) is 1. The summed E-state index contributed by atoms with van der Waals surface area (Å²) in [6.45, 7) is 0.760. The Hall–Kier alpha value is -2.03. The molecule has 8 heteroatoms. The highest BCUT2D eigenvalue weighted by molar-refractivity contribution is 9.10. The molecule has 5 nitrogen and oxygen atoms in total. The maximum atomic E-state index is 11.8. The lowest BCUT2D eigenvalue weighted by Gasteiger charge is -2.14. The van der Waals surface area contributed by atoms with Gasteiger partial charge in [-0.25, -0.2) is 0 Å². The van der Waals surface area contributed by atoms with Crippen molar-refractivity contribution in [2.45, 2.75) is 0 Å². The van der Waals surface area contributed by atoms with Gasteiger partial charge in [-0.15, -0.1) is 0 Å². The number of carbonyl (C=O) groups excluding carboxylic acids is 1. The van der Waals surface area contributed by atoms with Crippen LogP contribution in [0.3, 0.4) is 0 Å². The molecule has 3 rings (SSSR count). The average molecular weight is 466 g/mol. The van der Waals surface area contributed by atoms with Crippen LogP contribution in [0, 0.1) is 0 Å². The van der Waals surface area contributed by atoms with E-state index in [1.165, 1.54) is 11.8 Å². The van der Waals surface area contributed by atoms with Crippen LogP contribution in [0.4, 0.5) is 0 Å². The second kappa shape index (κ2) is 9.25. The van der Waals surface area contributed by atoms with Gasteiger partial charge >= 0.3 is 0 Å². The Morgan fingerprint density at radius 2 is 1.93 bits per heavy atom. The summed E-state index contributed by atoms with van der Waals surface area (Å²) in [5, 5.41) is 2.60. The number of thioether (sulfide) groups is 1. The minimum absolute atomic E-state index is 0.196. The highest BCUT2D eigenvalue weighted by Crippen LogP contribution is 2.38. The molecule has 0 aliphatic carbocycles. The van der Waals surface area contributed by atoms with Gasteiger partial charge in [0.1, 0.15) is 23.3 Å². The number of amides is 1. The maximum absolute atomic E-state index is 11.8. The van der Waals surface area contributed by atoms with Crippen molar-refractivity contribution in [3.05, 3.63) is 57.4 Å². The summed E-state index contributed by atoms with van der Waals surface area (Å²) in [6, 6.07) is 13.2. The van der Waals surface area contributed by atoms with E-state index in [9.17, 15) is 4.79 Å². The van der Waals surface area contributed by atoms with Crippen molar-refractivity contribution >= 4 is 56.2 Å². The predicted molar refractivity (Wildman–Crippen MR) is 114 cm³/mol. The molecular weight excluding hydrogens is 450 g/mol. The summed E-state index contributed by atoms with van der Waals surface area (Å²) < 4.78 is 18.1. The van der Waals surface area contributed by atoms with Gasteiger partial charge in [-0.3, -0.25) is 4.79 Å². The van der Waals surface area contributed by atoms with Crippen LogP contribution < -0.4 is 19.5 Å². The number of thiocarbonyl (C=S) groups is 1. The first-order chi connectivity index (χ1) is 13.1. The summed E-state index contributed by atoms with van der Waals surface area (Å²) >= 11 is 9.74. The predicted octanol–water partition coefficient (Wildman–Crippen LogP) is 4.40. The monoisotopic (exact) mass is 465 g/mol. The van der Waals surface area contributed by atoms with Gasteiger partial charge in [0, 0.05) is 0 Å². The van der Waals surface area contributed by atoms with Crippen molar-refractivity contribution in [1.82, 2.24) is 5.32 Å². The van der Waals surface area contributed by atoms with Crippen LogP contribution in [0.15, 0.2) is 51.8 Å². The van der Waals surface area contributed by atoms with E-state index < -0.39 is 0 Å². The van der Waals surface area contributed by atoms with Gasteiger partial charge in [0.25, 0.3) is 5.91 Å². The van der Waals surface area contributed by atoms with Crippen LogP contribution >= 0.6 is 39.9 Å². The molecule has 1 amide bonds. The van der Waals surface area contributed by atoms with Crippen LogP contribution in [-0.2, 0) is 4.79 Å². The van der Waals surface area contributed by atoms with Crippen LogP contribution in [0.25, 0.3) is 6.08 Å². The van der Waals surface area contributed by atoms with E-state index in [4.69, 9.17) is 26.4 Å². The van der Waals surface area contributed by atoms with Crippen LogP contribution in [0.2, 0.25) is 0 Å². The Morgan fingerprint density at radius 3 is 2.59 bits per heavy atom. The fourth-order valence-corrected chi connectivity index (χ4v) is 3.97. The van der Waals surface area contributed by atoms with Gasteiger partial charge in [0.15, 0.2) is 11.5 Å². The Labute approximate surface area is 175 Å². The molecule has 0 atom stereocenters. The van der Waals surface area contributed by atoms with Crippen LogP contribution in [-0.4, -0.2) is 30.6 Å². The quantitative estimate of drug-likeness (QED) is 0.371. The molecule has 1 aliphatic rings. The van der Waals surface area contributed by atoms with E-state index >= 15 is 0 Å². The molecule has 2 aromatic carbocycles. The third-order valence-electron chi connectivity index (χ3n) is 3.53. The molecule has 0 spiro atoms. The first-order valence-electron chi connectivity index (χ1n) is 8.00. The van der Waals surface area contributed by atoms with Gasteiger partial charge in [-0.05, 0) is 51.8 Å². The van der Waals surface area contributed by atoms with Gasteiger partial charge in [-0.1, -0.05) is 42.2 Å². The number of para-hydroxylation sites is 1. The Kier molecular flexibility index (Phi) is 6.76. The van der Waals surface area contributed by atoms with Crippen molar-refractivity contribution in [1.29, 1.82) is 0 Å². The minimum Gasteiger partial charge on any atom is -0.493 e. The Balaban J connectivity index is 1.68. The van der Waals surface area contributed by atoms with Crippen molar-refractivity contribution in [3.63, 3.8) is 0 Å². The van der Waals surface area contributed by atoms with E-state index in [0.29, 0.717) is 33.9 Å². The summed E-state index contributed by atoms with van der Waals surface area (Å²) in [5.74, 6) is 1.73. The number of benzene rings is 2. The van der Waals surface area contributed by atoms with Gasteiger partial charge in [0.05, 0.1) is 16.5 Å². The normalized spacial score (nSPS) is 15.0. The average Bonchev–Trinajstić information content (AvgIpc) is 2.97. The van der Waals surface area contributed by atoms with Gasteiger partial charge in [-0.2, -0.15) is 0 Å². The fourth-order valence-electron chi connectivity index (χ4n) is 2.36. The summed E-state index contributed by atoms with van der Waals surface area (Å²) in [5.41, 5.74) is 0.800. The molecule has 0 aromatic heterocycles. The lowest BCUT2D eigenvalue weighted by molar-refractivity contribution is -0.115. The molecule has 0 radical (unpaired) electrons. The maximum Gasteiger partial charge on any atom is 0.263 e. The van der Waals surface area contributed by atoms with E-state index in [2.05, 4.69) is 21.2 Å². The third kappa shape index (κ3) is 5.24. The van der Waals surface area contributed by atoms with Gasteiger partial charge < -0.3 is 19.5 Å². The van der Waals surface area contributed by atoms with E-state index in [0.717, 1.165) is 15.8 Å². The Morgan fingerprint density at radius 1 is 1.19 bits per heavy atom. The zero-order valence-electron chi connectivity index (χ0n) is 14.4. The van der Waals surface area contributed by atoms with Crippen molar-refractivity contribution in [2.24, 2.45) is 0 Å². The summed E-state index contributed by atoms with van der Waals surface area (Å²) in [6.07, 6.45) is 1.76. The Bertz CT molecular complexity index is 887. The minimum atomic E-state index is -0.196. The number of hydrogen-bond donors (Lipinski definition) is 1. The molecule has 2 aromatic rings. The van der Waals surface area contributed by atoms with Crippen molar-refractivity contribution in [2.75, 3.05) is 20.3 Å². The molecule has 1 saturated heterocycles. The summed E-state index contributed by atoms with van der Waals surface area (Å²) in [4.78, 5) is 12.4. The topological polar surface area (TPSA) is 56.8 Å². The third-order valence-corrected chi connectivity index (χ3v) is 5.28. The first-order valence-corrected chi connectivity index (χ1v) is 10.0. The second-order valence-electron chi connectivity index (χ2n) is 5.40. The smallest absolute Gasteiger partial charge is 0.263 e. The molecule has 0 bridgehead atoms. The molecular formula is C19H16BrNO4S2. The number of ether oxygens (including phenoxy) is 3. The zero-order valence-corrected chi connectivity index (χ0v) is 17.6. The van der Waals surface area contributed by atoms with Crippen molar-refractivity contribution in [3.8, 4) is 17.2 Å². The molecule has 27 heavy (non-hydrogen) atoms. The summed E-state index contributed by atoms with van der Waals surface area (Å²) in [7, 11) is 1.57. The molecule has 140 valence electrons. The number of hydrogen-bond acceptors (Lipinski definition) is 6. The number of methoxy groups -OCH3 is 1. The number of rotatable bonds is 7. The second-order valence-corrected chi connectivity index (χ2v) is 7.97. The fraction of sp³-hybridized carbons (Fsp3) is 0.158. The molecule has 1 heterocycles. The molecule has 0 saturated carbocycles. The van der Waals surface area contributed by atoms with E-state index in [-0.39, 0.29) is 5.91 Å². The SMILES string of the molecule is COc1cc(C=C2SC(=S)NC2=O)cc(Br)c1OCCOc1ccccc1. The highest BCUT2D eigenvalue weighted by atomic mass is 79.9. The van der Waals surface area contributed by atoms with Crippen molar-refractivity contribution < 1.29 is 19.0 Å².